The SMILES string of the molecule is C=CCS(=O)(=O)Nc1ccc2c(c1)CCCN2C(C)=O. The van der Waals surface area contributed by atoms with Gasteiger partial charge in [-0.1, -0.05) is 6.08 Å². The quantitative estimate of drug-likeness (QED) is 0.863. The van der Waals surface area contributed by atoms with Gasteiger partial charge in [0.2, 0.25) is 15.9 Å². The topological polar surface area (TPSA) is 66.5 Å². The first kappa shape index (κ1) is 14.6. The zero-order valence-corrected chi connectivity index (χ0v) is 12.2. The minimum atomic E-state index is -3.39. The van der Waals surface area contributed by atoms with Gasteiger partial charge in [-0.15, -0.1) is 6.58 Å². The molecule has 1 aliphatic heterocycles. The van der Waals surface area contributed by atoms with Crippen molar-refractivity contribution in [1.82, 2.24) is 0 Å². The minimum Gasteiger partial charge on any atom is -0.312 e. The van der Waals surface area contributed by atoms with Gasteiger partial charge >= 0.3 is 0 Å². The van der Waals surface area contributed by atoms with Gasteiger partial charge in [-0.2, -0.15) is 0 Å². The first-order valence-corrected chi connectivity index (χ1v) is 8.10. The molecule has 1 aliphatic rings. The van der Waals surface area contributed by atoms with Crippen molar-refractivity contribution in [2.45, 2.75) is 19.8 Å². The summed E-state index contributed by atoms with van der Waals surface area (Å²) in [5.41, 5.74) is 2.39. The fourth-order valence-corrected chi connectivity index (χ4v) is 3.24. The van der Waals surface area contributed by atoms with Gasteiger partial charge < -0.3 is 4.90 Å². The first-order chi connectivity index (χ1) is 9.43. The normalized spacial score (nSPS) is 14.6. The van der Waals surface area contributed by atoms with Gasteiger partial charge in [0.1, 0.15) is 0 Å². The molecule has 1 N–H and O–H groups in total. The average Bonchev–Trinajstić information content (AvgIpc) is 2.36. The van der Waals surface area contributed by atoms with E-state index in [4.69, 9.17) is 0 Å². The summed E-state index contributed by atoms with van der Waals surface area (Å²) in [5, 5.41) is 0. The van der Waals surface area contributed by atoms with Gasteiger partial charge in [-0.25, -0.2) is 8.42 Å². The lowest BCUT2D eigenvalue weighted by molar-refractivity contribution is -0.116. The van der Waals surface area contributed by atoms with Crippen LogP contribution in [0, 0.1) is 0 Å². The summed E-state index contributed by atoms with van der Waals surface area (Å²) >= 11 is 0. The van der Waals surface area contributed by atoms with Crippen LogP contribution in [0.25, 0.3) is 0 Å². The largest absolute Gasteiger partial charge is 0.312 e. The van der Waals surface area contributed by atoms with Gasteiger partial charge in [0.25, 0.3) is 0 Å². The third-order valence-electron chi connectivity index (χ3n) is 3.19. The molecule has 0 unspecified atom stereocenters. The molecule has 1 heterocycles. The maximum atomic E-state index is 11.7. The summed E-state index contributed by atoms with van der Waals surface area (Å²) < 4.78 is 25.9. The number of sulfonamides is 1. The van der Waals surface area contributed by atoms with E-state index in [2.05, 4.69) is 11.3 Å². The van der Waals surface area contributed by atoms with E-state index in [1.165, 1.54) is 13.0 Å². The third kappa shape index (κ3) is 3.19. The molecule has 0 radical (unpaired) electrons. The van der Waals surface area contributed by atoms with Crippen LogP contribution in [0.2, 0.25) is 0 Å². The smallest absolute Gasteiger partial charge is 0.236 e. The number of amides is 1. The van der Waals surface area contributed by atoms with Crippen LogP contribution in [-0.4, -0.2) is 26.6 Å². The van der Waals surface area contributed by atoms with Crippen molar-refractivity contribution in [1.29, 1.82) is 0 Å². The van der Waals surface area contributed by atoms with E-state index in [0.717, 1.165) is 24.1 Å². The number of fused-ring (bicyclic) bond motifs is 1. The molecular formula is C14H18N2O3S. The van der Waals surface area contributed by atoms with Crippen LogP contribution in [0.3, 0.4) is 0 Å². The summed E-state index contributed by atoms with van der Waals surface area (Å²) in [6, 6.07) is 5.27. The van der Waals surface area contributed by atoms with E-state index >= 15 is 0 Å². The fraction of sp³-hybridized carbons (Fsp3) is 0.357. The summed E-state index contributed by atoms with van der Waals surface area (Å²) in [6.45, 7) is 5.67. The summed E-state index contributed by atoms with van der Waals surface area (Å²) in [5.74, 6) is -0.116. The molecule has 108 valence electrons. The Labute approximate surface area is 119 Å². The van der Waals surface area contributed by atoms with Crippen molar-refractivity contribution in [3.63, 3.8) is 0 Å². The van der Waals surface area contributed by atoms with Crippen molar-refractivity contribution < 1.29 is 13.2 Å². The molecule has 20 heavy (non-hydrogen) atoms. The zero-order valence-electron chi connectivity index (χ0n) is 11.4. The Morgan fingerprint density at radius 3 is 2.90 bits per heavy atom. The van der Waals surface area contributed by atoms with Gasteiger partial charge in [0.15, 0.2) is 0 Å². The second-order valence-corrected chi connectivity index (χ2v) is 6.56. The molecule has 0 saturated carbocycles. The fourth-order valence-electron chi connectivity index (χ4n) is 2.36. The van der Waals surface area contributed by atoms with E-state index in [1.807, 2.05) is 0 Å². The highest BCUT2D eigenvalue weighted by molar-refractivity contribution is 7.92. The molecule has 0 spiro atoms. The summed E-state index contributed by atoms with van der Waals surface area (Å²) in [4.78, 5) is 13.3. The van der Waals surface area contributed by atoms with Crippen molar-refractivity contribution in [3.8, 4) is 0 Å². The van der Waals surface area contributed by atoms with E-state index in [9.17, 15) is 13.2 Å². The standard InChI is InChI=1S/C14H18N2O3S/c1-3-9-20(18,19)15-13-6-7-14-12(10-13)5-4-8-16(14)11(2)17/h3,6-7,10,15H,1,4-5,8-9H2,2H3. The second-order valence-electron chi connectivity index (χ2n) is 4.79. The van der Waals surface area contributed by atoms with E-state index in [-0.39, 0.29) is 11.7 Å². The van der Waals surface area contributed by atoms with Gasteiger partial charge in [-0.3, -0.25) is 9.52 Å². The molecule has 0 fully saturated rings. The Kier molecular flexibility index (Phi) is 4.13. The number of nitrogens with zero attached hydrogens (tertiary/aromatic N) is 1. The van der Waals surface area contributed by atoms with Gasteiger partial charge in [-0.05, 0) is 36.6 Å². The molecule has 0 atom stereocenters. The zero-order chi connectivity index (χ0) is 14.8. The molecule has 1 aromatic carbocycles. The second kappa shape index (κ2) is 5.66. The number of hydrogen-bond donors (Lipinski definition) is 1. The number of carbonyl (C=O) groups is 1. The Balaban J connectivity index is 2.28. The van der Waals surface area contributed by atoms with Crippen LogP contribution in [0.15, 0.2) is 30.9 Å². The average molecular weight is 294 g/mol. The minimum absolute atomic E-state index is 0.00550. The third-order valence-corrected chi connectivity index (χ3v) is 4.41. The van der Waals surface area contributed by atoms with Crippen molar-refractivity contribution in [2.75, 3.05) is 21.9 Å². The number of benzene rings is 1. The summed E-state index contributed by atoms with van der Waals surface area (Å²) in [7, 11) is -3.39. The first-order valence-electron chi connectivity index (χ1n) is 6.45. The Bertz CT molecular complexity index is 638. The molecule has 1 amide bonds. The van der Waals surface area contributed by atoms with E-state index in [1.54, 1.807) is 23.1 Å². The van der Waals surface area contributed by atoms with E-state index in [0.29, 0.717) is 12.2 Å². The lowest BCUT2D eigenvalue weighted by Crippen LogP contribution is -2.33. The maximum Gasteiger partial charge on any atom is 0.236 e. The van der Waals surface area contributed by atoms with Crippen molar-refractivity contribution in [2.24, 2.45) is 0 Å². The van der Waals surface area contributed by atoms with Crippen molar-refractivity contribution in [3.05, 3.63) is 36.4 Å². The number of hydrogen-bond acceptors (Lipinski definition) is 3. The van der Waals surface area contributed by atoms with Crippen LogP contribution >= 0.6 is 0 Å². The number of rotatable bonds is 4. The van der Waals surface area contributed by atoms with Crippen LogP contribution in [-0.2, 0) is 21.2 Å². The maximum absolute atomic E-state index is 11.7. The number of carbonyl (C=O) groups excluding carboxylic acids is 1. The van der Waals surface area contributed by atoms with E-state index < -0.39 is 10.0 Å². The predicted octanol–water partition coefficient (Wildman–Crippen LogP) is 1.91. The molecule has 0 aromatic heterocycles. The highest BCUT2D eigenvalue weighted by Crippen LogP contribution is 2.30. The van der Waals surface area contributed by atoms with Crippen LogP contribution in [0.4, 0.5) is 11.4 Å². The van der Waals surface area contributed by atoms with Gasteiger partial charge in [0, 0.05) is 24.8 Å². The lowest BCUT2D eigenvalue weighted by Gasteiger charge is -2.29. The lowest BCUT2D eigenvalue weighted by atomic mass is 10.0. The highest BCUT2D eigenvalue weighted by atomic mass is 32.2. The van der Waals surface area contributed by atoms with Crippen LogP contribution in [0.1, 0.15) is 18.9 Å². The molecule has 0 saturated heterocycles. The number of aryl methyl sites for hydroxylation is 1. The molecule has 0 bridgehead atoms. The molecular weight excluding hydrogens is 276 g/mol. The van der Waals surface area contributed by atoms with Crippen LogP contribution < -0.4 is 9.62 Å². The van der Waals surface area contributed by atoms with Crippen LogP contribution in [0.5, 0.6) is 0 Å². The van der Waals surface area contributed by atoms with Crippen molar-refractivity contribution >= 4 is 27.3 Å². The molecule has 2 rings (SSSR count). The molecule has 1 aromatic rings. The Morgan fingerprint density at radius 1 is 1.50 bits per heavy atom. The number of nitrogens with one attached hydrogen (secondary N) is 1. The molecule has 5 nitrogen and oxygen atoms in total. The Hall–Kier alpha value is -1.82. The predicted molar refractivity (Wildman–Crippen MR) is 80.4 cm³/mol. The van der Waals surface area contributed by atoms with Gasteiger partial charge in [0.05, 0.1) is 5.75 Å². The molecule has 6 heteroatoms. The Morgan fingerprint density at radius 2 is 2.25 bits per heavy atom. The monoisotopic (exact) mass is 294 g/mol. The molecule has 0 aliphatic carbocycles. The summed E-state index contributed by atoms with van der Waals surface area (Å²) in [6.07, 6.45) is 3.07. The highest BCUT2D eigenvalue weighted by Gasteiger charge is 2.20. The number of anilines is 2.